The summed E-state index contributed by atoms with van der Waals surface area (Å²) in [6.45, 7) is 6.41. The average molecular weight is 495 g/mol. The van der Waals surface area contributed by atoms with Crippen LogP contribution in [0.3, 0.4) is 0 Å². The molecule has 0 spiro atoms. The number of ether oxygens (including phenoxy) is 1. The van der Waals surface area contributed by atoms with Crippen molar-refractivity contribution < 1.29 is 9.53 Å². The number of aryl methyl sites for hydroxylation is 1. The van der Waals surface area contributed by atoms with Crippen molar-refractivity contribution in [3.63, 3.8) is 0 Å². The van der Waals surface area contributed by atoms with Crippen molar-refractivity contribution in [1.29, 1.82) is 5.26 Å². The Morgan fingerprint density at radius 3 is 2.78 bits per heavy atom. The second-order valence-corrected chi connectivity index (χ2v) is 8.58. The molecule has 0 aliphatic heterocycles. The highest BCUT2D eigenvalue weighted by atomic mass is 127. The number of rotatable bonds is 7. The van der Waals surface area contributed by atoms with Gasteiger partial charge in [0.2, 0.25) is 5.91 Å². The largest absolute Gasteiger partial charge is 0.380 e. The standard InChI is InChI=1S/C20H22IN3O2S/c1-12(2)16-8-15(21)5-6-18(16)24-19(25)11-27-20-17(9-22)14(10-26-4)7-13(3)23-20/h5-8,12H,10-11H2,1-4H3,(H,24,25). The number of nitriles is 1. The van der Waals surface area contributed by atoms with Crippen molar-refractivity contribution in [3.05, 3.63) is 50.2 Å². The van der Waals surface area contributed by atoms with Crippen molar-refractivity contribution in [3.8, 4) is 6.07 Å². The molecule has 0 atom stereocenters. The lowest BCUT2D eigenvalue weighted by atomic mass is 10.0. The van der Waals surface area contributed by atoms with Gasteiger partial charge in [0.15, 0.2) is 0 Å². The third-order valence-corrected chi connectivity index (χ3v) is 5.50. The van der Waals surface area contributed by atoms with Gasteiger partial charge in [-0.15, -0.1) is 0 Å². The predicted molar refractivity (Wildman–Crippen MR) is 117 cm³/mol. The van der Waals surface area contributed by atoms with Gasteiger partial charge >= 0.3 is 0 Å². The summed E-state index contributed by atoms with van der Waals surface area (Å²) in [5.74, 6) is 0.368. The van der Waals surface area contributed by atoms with Crippen LogP contribution in [0, 0.1) is 21.8 Å². The number of carbonyl (C=O) groups is 1. The fourth-order valence-electron chi connectivity index (χ4n) is 2.65. The lowest BCUT2D eigenvalue weighted by Gasteiger charge is -2.14. The molecule has 0 radical (unpaired) electrons. The number of methoxy groups -OCH3 is 1. The van der Waals surface area contributed by atoms with Crippen LogP contribution in [0.1, 0.15) is 42.1 Å². The number of amides is 1. The molecule has 1 aromatic carbocycles. The zero-order valence-electron chi connectivity index (χ0n) is 15.8. The summed E-state index contributed by atoms with van der Waals surface area (Å²) in [6, 6.07) is 10.0. The van der Waals surface area contributed by atoms with E-state index in [2.05, 4.69) is 58.9 Å². The number of pyridine rings is 1. The maximum absolute atomic E-state index is 12.5. The number of halogens is 1. The minimum atomic E-state index is -0.122. The molecule has 0 fully saturated rings. The van der Waals surface area contributed by atoms with Crippen molar-refractivity contribution in [1.82, 2.24) is 4.98 Å². The van der Waals surface area contributed by atoms with Gasteiger partial charge in [0.05, 0.1) is 17.9 Å². The first-order valence-corrected chi connectivity index (χ1v) is 10.5. The summed E-state index contributed by atoms with van der Waals surface area (Å²) in [5.41, 5.74) is 3.99. The second-order valence-electron chi connectivity index (χ2n) is 6.37. The van der Waals surface area contributed by atoms with Crippen LogP contribution < -0.4 is 5.32 Å². The predicted octanol–water partition coefficient (Wildman–Crippen LogP) is 4.87. The summed E-state index contributed by atoms with van der Waals surface area (Å²) >= 11 is 3.54. The van der Waals surface area contributed by atoms with Crippen molar-refractivity contribution in [2.24, 2.45) is 0 Å². The minimum absolute atomic E-state index is 0.122. The van der Waals surface area contributed by atoms with E-state index < -0.39 is 0 Å². The fourth-order valence-corrected chi connectivity index (χ4v) is 4.03. The lowest BCUT2D eigenvalue weighted by Crippen LogP contribution is -2.16. The lowest BCUT2D eigenvalue weighted by molar-refractivity contribution is -0.113. The number of anilines is 1. The Hall–Kier alpha value is -1.63. The molecule has 1 N–H and O–H groups in total. The smallest absolute Gasteiger partial charge is 0.234 e. The van der Waals surface area contributed by atoms with Crippen molar-refractivity contribution in [2.75, 3.05) is 18.2 Å². The highest BCUT2D eigenvalue weighted by Gasteiger charge is 2.15. The topological polar surface area (TPSA) is 75.0 Å². The summed E-state index contributed by atoms with van der Waals surface area (Å²) in [4.78, 5) is 16.9. The van der Waals surface area contributed by atoms with Crippen LogP contribution in [0.2, 0.25) is 0 Å². The summed E-state index contributed by atoms with van der Waals surface area (Å²) in [5, 5.41) is 13.0. The zero-order chi connectivity index (χ0) is 20.0. The van der Waals surface area contributed by atoms with E-state index >= 15 is 0 Å². The Morgan fingerprint density at radius 2 is 2.15 bits per heavy atom. The number of benzene rings is 1. The number of carbonyl (C=O) groups excluding carboxylic acids is 1. The minimum Gasteiger partial charge on any atom is -0.380 e. The normalized spacial score (nSPS) is 10.7. The highest BCUT2D eigenvalue weighted by Crippen LogP contribution is 2.28. The third kappa shape index (κ3) is 5.92. The molecule has 5 nitrogen and oxygen atoms in total. The first-order chi connectivity index (χ1) is 12.8. The molecule has 2 aromatic rings. The van der Waals surface area contributed by atoms with Crippen LogP contribution in [-0.2, 0) is 16.1 Å². The highest BCUT2D eigenvalue weighted by molar-refractivity contribution is 14.1. The molecule has 1 aromatic heterocycles. The number of thioether (sulfide) groups is 1. The van der Waals surface area contributed by atoms with E-state index in [0.717, 1.165) is 26.1 Å². The monoisotopic (exact) mass is 495 g/mol. The maximum Gasteiger partial charge on any atom is 0.234 e. The Bertz CT molecular complexity index is 878. The number of nitrogens with zero attached hydrogens (tertiary/aromatic N) is 2. The van der Waals surface area contributed by atoms with E-state index in [9.17, 15) is 10.1 Å². The summed E-state index contributed by atoms with van der Waals surface area (Å²) < 4.78 is 6.30. The first-order valence-electron chi connectivity index (χ1n) is 8.47. The molecule has 0 bridgehead atoms. The van der Waals surface area contributed by atoms with E-state index in [4.69, 9.17) is 4.74 Å². The zero-order valence-corrected chi connectivity index (χ0v) is 18.8. The van der Waals surface area contributed by atoms with Gasteiger partial charge in [-0.3, -0.25) is 4.79 Å². The molecular formula is C20H22IN3O2S. The van der Waals surface area contributed by atoms with E-state index in [0.29, 0.717) is 23.1 Å². The van der Waals surface area contributed by atoms with Gasteiger partial charge < -0.3 is 10.1 Å². The SMILES string of the molecule is COCc1cc(C)nc(SCC(=O)Nc2ccc(I)cc2C(C)C)c1C#N. The molecule has 27 heavy (non-hydrogen) atoms. The maximum atomic E-state index is 12.5. The molecule has 0 saturated carbocycles. The third-order valence-electron chi connectivity index (χ3n) is 3.86. The van der Waals surface area contributed by atoms with Crippen molar-refractivity contribution >= 4 is 45.9 Å². The van der Waals surface area contributed by atoms with Gasteiger partial charge in [-0.2, -0.15) is 5.26 Å². The van der Waals surface area contributed by atoms with Crippen molar-refractivity contribution in [2.45, 2.75) is 38.3 Å². The first kappa shape index (κ1) is 21.7. The molecule has 7 heteroatoms. The van der Waals surface area contributed by atoms with E-state index in [1.54, 1.807) is 7.11 Å². The number of aromatic nitrogens is 1. The van der Waals surface area contributed by atoms with Gasteiger partial charge in [0.25, 0.3) is 0 Å². The molecule has 2 rings (SSSR count). The molecule has 1 amide bonds. The van der Waals surface area contributed by atoms with Crippen LogP contribution >= 0.6 is 34.4 Å². The van der Waals surface area contributed by atoms with Gasteiger partial charge in [0, 0.05) is 22.1 Å². The molecule has 1 heterocycles. The van der Waals surface area contributed by atoms with E-state index in [1.165, 1.54) is 11.8 Å². The van der Waals surface area contributed by atoms with Gasteiger partial charge in [-0.25, -0.2) is 4.98 Å². The van der Waals surface area contributed by atoms with Crippen LogP contribution in [0.5, 0.6) is 0 Å². The second kappa shape index (κ2) is 10.1. The quantitative estimate of drug-likeness (QED) is 0.439. The number of hydrogen-bond donors (Lipinski definition) is 1. The van der Waals surface area contributed by atoms with Gasteiger partial charge in [-0.1, -0.05) is 25.6 Å². The molecule has 0 unspecified atom stereocenters. The Labute approximate surface area is 178 Å². The van der Waals surface area contributed by atoms with Crippen LogP contribution in [0.15, 0.2) is 29.3 Å². The van der Waals surface area contributed by atoms with Gasteiger partial charge in [0.1, 0.15) is 11.1 Å². The Kier molecular flexibility index (Phi) is 8.07. The number of hydrogen-bond acceptors (Lipinski definition) is 5. The molecule has 142 valence electrons. The molecule has 0 saturated heterocycles. The van der Waals surface area contributed by atoms with Gasteiger partial charge in [-0.05, 0) is 70.8 Å². The van der Waals surface area contributed by atoms with Crippen LogP contribution in [-0.4, -0.2) is 23.8 Å². The summed E-state index contributed by atoms with van der Waals surface area (Å²) in [7, 11) is 1.59. The molecule has 0 aliphatic rings. The van der Waals surface area contributed by atoms with E-state index in [1.807, 2.05) is 25.1 Å². The molecule has 0 aliphatic carbocycles. The molecular weight excluding hydrogens is 473 g/mol. The fraction of sp³-hybridized carbons (Fsp3) is 0.350. The van der Waals surface area contributed by atoms with E-state index in [-0.39, 0.29) is 11.7 Å². The van der Waals surface area contributed by atoms with Crippen LogP contribution in [0.25, 0.3) is 0 Å². The Morgan fingerprint density at radius 1 is 1.41 bits per heavy atom. The Balaban J connectivity index is 2.14. The number of nitrogens with one attached hydrogen (secondary N) is 1. The average Bonchev–Trinajstić information content (AvgIpc) is 2.61. The summed E-state index contributed by atoms with van der Waals surface area (Å²) in [6.07, 6.45) is 0. The van der Waals surface area contributed by atoms with Crippen LogP contribution in [0.4, 0.5) is 5.69 Å².